The Kier molecular flexibility index (Phi) is 4.14. The summed E-state index contributed by atoms with van der Waals surface area (Å²) in [6, 6.07) is 11.5. The fraction of sp³-hybridized carbons (Fsp3) is 0.176. The standard InChI is InChI=1S/C17H15N3O3/c21-17(14-6-8-16(9-7-14)20(22)23)19-18-11-12-4-5-13-2-1-3-15(13)10-12/h4-11H,1-3H2,(H,19,21). The highest BCUT2D eigenvalue weighted by molar-refractivity contribution is 5.95. The summed E-state index contributed by atoms with van der Waals surface area (Å²) in [6.45, 7) is 0. The molecule has 0 spiro atoms. The number of amides is 1. The summed E-state index contributed by atoms with van der Waals surface area (Å²) in [6.07, 6.45) is 5.00. The zero-order valence-corrected chi connectivity index (χ0v) is 12.4. The molecule has 1 amide bonds. The number of non-ortho nitro benzene ring substituents is 1. The van der Waals surface area contributed by atoms with Gasteiger partial charge in [-0.15, -0.1) is 0 Å². The van der Waals surface area contributed by atoms with Crippen molar-refractivity contribution < 1.29 is 9.72 Å². The van der Waals surface area contributed by atoms with Crippen molar-refractivity contribution in [3.8, 4) is 0 Å². The van der Waals surface area contributed by atoms with Crippen LogP contribution in [0.1, 0.15) is 33.5 Å². The summed E-state index contributed by atoms with van der Waals surface area (Å²) in [5.74, 6) is -0.405. The van der Waals surface area contributed by atoms with Crippen molar-refractivity contribution in [3.63, 3.8) is 0 Å². The van der Waals surface area contributed by atoms with Crippen LogP contribution in [-0.4, -0.2) is 17.0 Å². The molecule has 116 valence electrons. The number of nitrogens with zero attached hydrogens (tertiary/aromatic N) is 2. The summed E-state index contributed by atoms with van der Waals surface area (Å²) in [5.41, 5.74) is 6.36. The molecule has 2 aromatic rings. The fourth-order valence-electron chi connectivity index (χ4n) is 2.64. The molecule has 3 rings (SSSR count). The molecule has 0 saturated carbocycles. The molecule has 0 unspecified atom stereocenters. The normalized spacial score (nSPS) is 13.0. The Morgan fingerprint density at radius 1 is 1.13 bits per heavy atom. The van der Waals surface area contributed by atoms with Crippen LogP contribution in [0.3, 0.4) is 0 Å². The molecule has 1 N–H and O–H groups in total. The van der Waals surface area contributed by atoms with Crippen molar-refractivity contribution in [1.82, 2.24) is 5.43 Å². The molecular weight excluding hydrogens is 294 g/mol. The fourth-order valence-corrected chi connectivity index (χ4v) is 2.64. The summed E-state index contributed by atoms with van der Waals surface area (Å²) in [7, 11) is 0. The first-order chi connectivity index (χ1) is 11.1. The van der Waals surface area contributed by atoms with Gasteiger partial charge in [-0.1, -0.05) is 12.1 Å². The van der Waals surface area contributed by atoms with Crippen LogP contribution in [0.25, 0.3) is 0 Å². The lowest BCUT2D eigenvalue weighted by molar-refractivity contribution is -0.384. The number of benzene rings is 2. The monoisotopic (exact) mass is 309 g/mol. The number of nitro benzene ring substituents is 1. The second kappa shape index (κ2) is 6.39. The largest absolute Gasteiger partial charge is 0.271 e. The number of hydrogen-bond donors (Lipinski definition) is 1. The maximum absolute atomic E-state index is 11.9. The second-order valence-corrected chi connectivity index (χ2v) is 5.38. The zero-order chi connectivity index (χ0) is 16.2. The Hall–Kier alpha value is -3.02. The molecule has 0 radical (unpaired) electrons. The van der Waals surface area contributed by atoms with Crippen molar-refractivity contribution in [2.24, 2.45) is 5.10 Å². The molecule has 1 aliphatic rings. The maximum atomic E-state index is 11.9. The van der Waals surface area contributed by atoms with Gasteiger partial charge in [-0.2, -0.15) is 5.10 Å². The molecule has 0 fully saturated rings. The first-order valence-electron chi connectivity index (χ1n) is 7.33. The van der Waals surface area contributed by atoms with Crippen LogP contribution >= 0.6 is 0 Å². The van der Waals surface area contributed by atoms with Crippen molar-refractivity contribution in [2.45, 2.75) is 19.3 Å². The summed E-state index contributed by atoms with van der Waals surface area (Å²) in [4.78, 5) is 22.0. The Labute approximate surface area is 133 Å². The minimum Gasteiger partial charge on any atom is -0.267 e. The van der Waals surface area contributed by atoms with E-state index < -0.39 is 10.8 Å². The van der Waals surface area contributed by atoms with E-state index in [-0.39, 0.29) is 5.69 Å². The maximum Gasteiger partial charge on any atom is 0.271 e. The van der Waals surface area contributed by atoms with Crippen molar-refractivity contribution in [3.05, 3.63) is 74.8 Å². The smallest absolute Gasteiger partial charge is 0.267 e. The van der Waals surface area contributed by atoms with Gasteiger partial charge in [0.15, 0.2) is 0 Å². The van der Waals surface area contributed by atoms with Gasteiger partial charge in [0.05, 0.1) is 11.1 Å². The molecule has 0 atom stereocenters. The number of hydrogen-bond acceptors (Lipinski definition) is 4. The number of carbonyl (C=O) groups excluding carboxylic acids is 1. The number of hydrazone groups is 1. The highest BCUT2D eigenvalue weighted by atomic mass is 16.6. The highest BCUT2D eigenvalue weighted by Crippen LogP contribution is 2.22. The molecule has 23 heavy (non-hydrogen) atoms. The quantitative estimate of drug-likeness (QED) is 0.535. The minimum atomic E-state index is -0.506. The van der Waals surface area contributed by atoms with E-state index in [1.807, 2.05) is 6.07 Å². The van der Waals surface area contributed by atoms with Crippen LogP contribution in [-0.2, 0) is 12.8 Å². The number of nitro groups is 1. The Morgan fingerprint density at radius 2 is 1.87 bits per heavy atom. The third kappa shape index (κ3) is 3.42. The van der Waals surface area contributed by atoms with Crippen LogP contribution in [0.15, 0.2) is 47.6 Å². The van der Waals surface area contributed by atoms with Crippen molar-refractivity contribution in [1.29, 1.82) is 0 Å². The van der Waals surface area contributed by atoms with Crippen LogP contribution in [0.5, 0.6) is 0 Å². The molecule has 0 aromatic heterocycles. The van der Waals surface area contributed by atoms with Crippen LogP contribution in [0, 0.1) is 10.1 Å². The molecule has 1 aliphatic carbocycles. The van der Waals surface area contributed by atoms with Crippen LogP contribution in [0.4, 0.5) is 5.69 Å². The molecule has 0 heterocycles. The molecule has 6 heteroatoms. The van der Waals surface area contributed by atoms with Gasteiger partial charge in [0.2, 0.25) is 0 Å². The summed E-state index contributed by atoms with van der Waals surface area (Å²) in [5, 5.41) is 14.5. The zero-order valence-electron chi connectivity index (χ0n) is 12.4. The lowest BCUT2D eigenvalue weighted by Gasteiger charge is -2.01. The average molecular weight is 309 g/mol. The van der Waals surface area contributed by atoms with Crippen molar-refractivity contribution >= 4 is 17.8 Å². The predicted molar refractivity (Wildman–Crippen MR) is 86.6 cm³/mol. The molecule has 0 aliphatic heterocycles. The van der Waals surface area contributed by atoms with E-state index >= 15 is 0 Å². The Morgan fingerprint density at radius 3 is 2.61 bits per heavy atom. The van der Waals surface area contributed by atoms with E-state index in [1.165, 1.54) is 41.8 Å². The van der Waals surface area contributed by atoms with E-state index in [9.17, 15) is 14.9 Å². The number of nitrogens with one attached hydrogen (secondary N) is 1. The first-order valence-corrected chi connectivity index (χ1v) is 7.33. The van der Waals surface area contributed by atoms with E-state index in [4.69, 9.17) is 0 Å². The average Bonchev–Trinajstić information content (AvgIpc) is 3.02. The molecule has 6 nitrogen and oxygen atoms in total. The van der Waals surface area contributed by atoms with E-state index in [0.717, 1.165) is 18.4 Å². The number of aryl methyl sites for hydroxylation is 2. The molecular formula is C17H15N3O3. The van der Waals surface area contributed by atoms with Gasteiger partial charge in [-0.25, -0.2) is 5.43 Å². The van der Waals surface area contributed by atoms with Crippen LogP contribution < -0.4 is 5.43 Å². The SMILES string of the molecule is O=C(NN=Cc1ccc2c(c1)CCC2)c1ccc([N+](=O)[O-])cc1. The minimum absolute atomic E-state index is 0.0526. The van der Waals surface area contributed by atoms with Gasteiger partial charge >= 0.3 is 0 Å². The molecule has 0 saturated heterocycles. The van der Waals surface area contributed by atoms with Gasteiger partial charge in [0.25, 0.3) is 11.6 Å². The number of fused-ring (bicyclic) bond motifs is 1. The lowest BCUT2D eigenvalue weighted by atomic mass is 10.1. The summed E-state index contributed by atoms with van der Waals surface area (Å²) >= 11 is 0. The second-order valence-electron chi connectivity index (χ2n) is 5.38. The van der Waals surface area contributed by atoms with E-state index in [0.29, 0.717) is 5.56 Å². The third-order valence-electron chi connectivity index (χ3n) is 3.84. The van der Waals surface area contributed by atoms with Gasteiger partial charge in [-0.05, 0) is 54.2 Å². The third-order valence-corrected chi connectivity index (χ3v) is 3.84. The molecule has 2 aromatic carbocycles. The number of carbonyl (C=O) groups is 1. The number of rotatable bonds is 4. The van der Waals surface area contributed by atoms with Gasteiger partial charge in [-0.3, -0.25) is 14.9 Å². The van der Waals surface area contributed by atoms with Gasteiger partial charge in [0.1, 0.15) is 0 Å². The van der Waals surface area contributed by atoms with Gasteiger partial charge in [0, 0.05) is 17.7 Å². The molecule has 0 bridgehead atoms. The predicted octanol–water partition coefficient (Wildman–Crippen LogP) is 2.85. The van der Waals surface area contributed by atoms with E-state index in [1.54, 1.807) is 6.21 Å². The van der Waals surface area contributed by atoms with Gasteiger partial charge < -0.3 is 0 Å². The van der Waals surface area contributed by atoms with Crippen molar-refractivity contribution in [2.75, 3.05) is 0 Å². The Bertz CT molecular complexity index is 782. The lowest BCUT2D eigenvalue weighted by Crippen LogP contribution is -2.17. The topological polar surface area (TPSA) is 84.6 Å². The summed E-state index contributed by atoms with van der Waals surface area (Å²) < 4.78 is 0. The Balaban J connectivity index is 1.63. The highest BCUT2D eigenvalue weighted by Gasteiger charge is 2.10. The van der Waals surface area contributed by atoms with Crippen LogP contribution in [0.2, 0.25) is 0 Å². The van der Waals surface area contributed by atoms with E-state index in [2.05, 4.69) is 22.7 Å². The first kappa shape index (κ1) is 14.9.